The average molecular weight is 268 g/mol. The fourth-order valence-corrected chi connectivity index (χ4v) is 3.44. The van der Waals surface area contributed by atoms with Gasteiger partial charge in [-0.2, -0.15) is 0 Å². The van der Waals surface area contributed by atoms with E-state index < -0.39 is 0 Å². The van der Waals surface area contributed by atoms with E-state index in [1.807, 2.05) is 11.3 Å². The van der Waals surface area contributed by atoms with Crippen LogP contribution < -0.4 is 5.32 Å². The molecule has 2 heterocycles. The van der Waals surface area contributed by atoms with Gasteiger partial charge in [-0.1, -0.05) is 13.0 Å². The fourth-order valence-electron chi connectivity index (χ4n) is 2.66. The highest BCUT2D eigenvalue weighted by Gasteiger charge is 2.35. The van der Waals surface area contributed by atoms with Crippen LogP contribution >= 0.6 is 11.3 Å². The standard InChI is InChI=1S/C14H24N2OS/c1-3-15-10-14(6-7-17-12-14)11-16(2)9-13-5-4-8-18-13/h4-5,8,15H,3,6-7,9-12H2,1-2H3. The summed E-state index contributed by atoms with van der Waals surface area (Å²) in [6, 6.07) is 4.34. The summed E-state index contributed by atoms with van der Waals surface area (Å²) in [6.07, 6.45) is 1.18. The Morgan fingerprint density at radius 3 is 3.06 bits per heavy atom. The molecule has 0 aliphatic carbocycles. The molecule has 1 atom stereocenters. The van der Waals surface area contributed by atoms with Crippen molar-refractivity contribution in [2.24, 2.45) is 5.41 Å². The van der Waals surface area contributed by atoms with E-state index in [-0.39, 0.29) is 0 Å². The van der Waals surface area contributed by atoms with E-state index >= 15 is 0 Å². The Balaban J connectivity index is 1.87. The lowest BCUT2D eigenvalue weighted by atomic mass is 9.86. The first-order chi connectivity index (χ1) is 8.74. The van der Waals surface area contributed by atoms with Crippen molar-refractivity contribution in [3.63, 3.8) is 0 Å². The van der Waals surface area contributed by atoms with Gasteiger partial charge in [0, 0.05) is 36.5 Å². The largest absolute Gasteiger partial charge is 0.381 e. The summed E-state index contributed by atoms with van der Waals surface area (Å²) in [5, 5.41) is 5.64. The normalized spacial score (nSPS) is 23.9. The first kappa shape index (κ1) is 14.0. The maximum absolute atomic E-state index is 5.63. The van der Waals surface area contributed by atoms with Crippen LogP contribution in [0.2, 0.25) is 0 Å². The van der Waals surface area contributed by atoms with Crippen molar-refractivity contribution in [1.82, 2.24) is 10.2 Å². The molecule has 0 bridgehead atoms. The molecule has 1 unspecified atom stereocenters. The second-order valence-electron chi connectivity index (χ2n) is 5.33. The van der Waals surface area contributed by atoms with Crippen molar-refractivity contribution in [3.8, 4) is 0 Å². The van der Waals surface area contributed by atoms with Gasteiger partial charge in [-0.15, -0.1) is 11.3 Å². The Hall–Kier alpha value is -0.420. The Morgan fingerprint density at radius 2 is 2.44 bits per heavy atom. The molecule has 0 aromatic carbocycles. The summed E-state index contributed by atoms with van der Waals surface area (Å²) < 4.78 is 5.63. The van der Waals surface area contributed by atoms with E-state index in [1.54, 1.807) is 0 Å². The van der Waals surface area contributed by atoms with Gasteiger partial charge in [-0.3, -0.25) is 0 Å². The Morgan fingerprint density at radius 1 is 1.56 bits per heavy atom. The van der Waals surface area contributed by atoms with Crippen LogP contribution in [0.3, 0.4) is 0 Å². The second-order valence-corrected chi connectivity index (χ2v) is 6.37. The maximum atomic E-state index is 5.63. The molecule has 1 aromatic heterocycles. The molecule has 1 aromatic rings. The number of nitrogens with one attached hydrogen (secondary N) is 1. The van der Waals surface area contributed by atoms with Crippen LogP contribution in [0.4, 0.5) is 0 Å². The van der Waals surface area contributed by atoms with Gasteiger partial charge in [0.1, 0.15) is 0 Å². The molecule has 1 aliphatic rings. The average Bonchev–Trinajstić information content (AvgIpc) is 2.99. The Bertz CT molecular complexity index is 334. The predicted molar refractivity (Wildman–Crippen MR) is 77.1 cm³/mol. The van der Waals surface area contributed by atoms with Crippen LogP contribution in [-0.4, -0.2) is 44.8 Å². The number of hydrogen-bond donors (Lipinski definition) is 1. The van der Waals surface area contributed by atoms with E-state index in [9.17, 15) is 0 Å². The molecule has 4 heteroatoms. The number of hydrogen-bond acceptors (Lipinski definition) is 4. The van der Waals surface area contributed by atoms with Gasteiger partial charge in [0.25, 0.3) is 0 Å². The van der Waals surface area contributed by atoms with Gasteiger partial charge in [-0.05, 0) is 31.5 Å². The Labute approximate surface area is 114 Å². The predicted octanol–water partition coefficient (Wildman–Crippen LogP) is 2.20. The van der Waals surface area contributed by atoms with Crippen molar-refractivity contribution in [2.75, 3.05) is 39.9 Å². The highest BCUT2D eigenvalue weighted by molar-refractivity contribution is 7.09. The quantitative estimate of drug-likeness (QED) is 0.820. The molecule has 0 saturated carbocycles. The number of thiophene rings is 1. The topological polar surface area (TPSA) is 24.5 Å². The van der Waals surface area contributed by atoms with E-state index in [2.05, 4.69) is 41.7 Å². The summed E-state index contributed by atoms with van der Waals surface area (Å²) in [7, 11) is 2.21. The van der Waals surface area contributed by atoms with Crippen LogP contribution in [0.25, 0.3) is 0 Å². The third-order valence-corrected chi connectivity index (χ3v) is 4.41. The molecule has 1 saturated heterocycles. The van der Waals surface area contributed by atoms with E-state index in [1.165, 1.54) is 11.3 Å². The Kier molecular flexibility index (Phi) is 5.18. The summed E-state index contributed by atoms with van der Waals surface area (Å²) in [5.74, 6) is 0. The first-order valence-corrected chi connectivity index (χ1v) is 7.61. The third-order valence-electron chi connectivity index (χ3n) is 3.55. The van der Waals surface area contributed by atoms with Crippen LogP contribution in [-0.2, 0) is 11.3 Å². The smallest absolute Gasteiger partial charge is 0.0547 e. The SMILES string of the molecule is CCNCC1(CN(C)Cc2cccs2)CCOC1. The van der Waals surface area contributed by atoms with E-state index in [0.717, 1.165) is 39.4 Å². The molecular formula is C14H24N2OS. The van der Waals surface area contributed by atoms with Crippen molar-refractivity contribution >= 4 is 11.3 Å². The number of ether oxygens (including phenoxy) is 1. The highest BCUT2D eigenvalue weighted by atomic mass is 32.1. The zero-order valence-corrected chi connectivity index (χ0v) is 12.3. The highest BCUT2D eigenvalue weighted by Crippen LogP contribution is 2.29. The van der Waals surface area contributed by atoms with Gasteiger partial charge < -0.3 is 15.0 Å². The molecule has 0 amide bonds. The van der Waals surface area contributed by atoms with Gasteiger partial charge in [0.2, 0.25) is 0 Å². The third kappa shape index (κ3) is 3.79. The maximum Gasteiger partial charge on any atom is 0.0547 e. The zero-order chi connectivity index (χ0) is 12.8. The summed E-state index contributed by atoms with van der Waals surface area (Å²) in [6.45, 7) is 8.24. The van der Waals surface area contributed by atoms with Gasteiger partial charge in [0.15, 0.2) is 0 Å². The fraction of sp³-hybridized carbons (Fsp3) is 0.714. The molecule has 102 valence electrons. The van der Waals surface area contributed by atoms with Crippen molar-refractivity contribution in [1.29, 1.82) is 0 Å². The molecule has 1 aliphatic heterocycles. The lowest BCUT2D eigenvalue weighted by molar-refractivity contribution is 0.117. The first-order valence-electron chi connectivity index (χ1n) is 6.73. The molecular weight excluding hydrogens is 244 g/mol. The van der Waals surface area contributed by atoms with Crippen LogP contribution in [0.1, 0.15) is 18.2 Å². The zero-order valence-electron chi connectivity index (χ0n) is 11.4. The van der Waals surface area contributed by atoms with Crippen LogP contribution in [0, 0.1) is 5.41 Å². The molecule has 0 spiro atoms. The summed E-state index contributed by atoms with van der Waals surface area (Å²) in [4.78, 5) is 3.87. The van der Waals surface area contributed by atoms with Crippen LogP contribution in [0.5, 0.6) is 0 Å². The minimum atomic E-state index is 0.308. The van der Waals surface area contributed by atoms with Gasteiger partial charge >= 0.3 is 0 Å². The monoisotopic (exact) mass is 268 g/mol. The van der Waals surface area contributed by atoms with Crippen molar-refractivity contribution < 1.29 is 4.74 Å². The van der Waals surface area contributed by atoms with Crippen LogP contribution in [0.15, 0.2) is 17.5 Å². The van der Waals surface area contributed by atoms with E-state index in [0.29, 0.717) is 5.41 Å². The molecule has 2 rings (SSSR count). The molecule has 1 fully saturated rings. The van der Waals surface area contributed by atoms with E-state index in [4.69, 9.17) is 4.74 Å². The molecule has 18 heavy (non-hydrogen) atoms. The van der Waals surface area contributed by atoms with Crippen molar-refractivity contribution in [3.05, 3.63) is 22.4 Å². The molecule has 3 nitrogen and oxygen atoms in total. The van der Waals surface area contributed by atoms with Crippen molar-refractivity contribution in [2.45, 2.75) is 19.9 Å². The summed E-state index contributed by atoms with van der Waals surface area (Å²) >= 11 is 1.84. The summed E-state index contributed by atoms with van der Waals surface area (Å²) in [5.41, 5.74) is 0.308. The van der Waals surface area contributed by atoms with Gasteiger partial charge in [0.05, 0.1) is 6.61 Å². The van der Waals surface area contributed by atoms with Gasteiger partial charge in [-0.25, -0.2) is 0 Å². The number of rotatable bonds is 7. The number of nitrogens with zero attached hydrogens (tertiary/aromatic N) is 1. The minimum absolute atomic E-state index is 0.308. The lowest BCUT2D eigenvalue weighted by Crippen LogP contribution is -2.43. The minimum Gasteiger partial charge on any atom is -0.381 e. The lowest BCUT2D eigenvalue weighted by Gasteiger charge is -2.32. The molecule has 1 N–H and O–H groups in total. The molecule has 0 radical (unpaired) electrons. The second kappa shape index (κ2) is 6.66.